The van der Waals surface area contributed by atoms with Gasteiger partial charge in [-0.1, -0.05) is 0 Å². The Bertz CT molecular complexity index is 582. The van der Waals surface area contributed by atoms with Crippen LogP contribution in [0.15, 0.2) is 36.4 Å². The smallest absolute Gasteiger partial charge is 0.122 e. The molecule has 4 nitrogen and oxygen atoms in total. The van der Waals surface area contributed by atoms with Crippen LogP contribution in [0.1, 0.15) is 5.56 Å². The fraction of sp³-hybridized carbons (Fsp3) is 0.200. The molecule has 0 aliphatic heterocycles. The Morgan fingerprint density at radius 1 is 0.947 bits per heavy atom. The number of rotatable bonds is 4. The van der Waals surface area contributed by atoms with Gasteiger partial charge < -0.3 is 20.5 Å². The van der Waals surface area contributed by atoms with Gasteiger partial charge in [-0.3, -0.25) is 0 Å². The Hall–Kier alpha value is -2.36. The average Bonchev–Trinajstić information content (AvgIpc) is 2.40. The molecule has 0 fully saturated rings. The zero-order chi connectivity index (χ0) is 13.8. The van der Waals surface area contributed by atoms with Crippen molar-refractivity contribution in [3.63, 3.8) is 0 Å². The highest BCUT2D eigenvalue weighted by Gasteiger charge is 2.03. The minimum atomic E-state index is 0.660. The fourth-order valence-corrected chi connectivity index (χ4v) is 1.87. The molecule has 2 aromatic carbocycles. The number of anilines is 3. The van der Waals surface area contributed by atoms with E-state index in [0.29, 0.717) is 5.69 Å². The van der Waals surface area contributed by atoms with Crippen molar-refractivity contribution in [2.75, 3.05) is 25.3 Å². The highest BCUT2D eigenvalue weighted by atomic mass is 16.5. The van der Waals surface area contributed by atoms with Gasteiger partial charge in [0.15, 0.2) is 0 Å². The van der Waals surface area contributed by atoms with Crippen LogP contribution in [0.4, 0.5) is 17.1 Å². The molecule has 0 aromatic heterocycles. The lowest BCUT2D eigenvalue weighted by Crippen LogP contribution is -1.96. The Labute approximate surface area is 113 Å². The van der Waals surface area contributed by atoms with Crippen LogP contribution in [-0.2, 0) is 0 Å². The summed E-state index contributed by atoms with van der Waals surface area (Å²) in [5.74, 6) is 1.57. The second-order valence-corrected chi connectivity index (χ2v) is 4.30. The Morgan fingerprint density at radius 2 is 1.68 bits per heavy atom. The molecule has 0 bridgehead atoms. The Morgan fingerprint density at radius 3 is 2.32 bits per heavy atom. The summed E-state index contributed by atoms with van der Waals surface area (Å²) in [6.07, 6.45) is 0. The van der Waals surface area contributed by atoms with Gasteiger partial charge >= 0.3 is 0 Å². The van der Waals surface area contributed by atoms with E-state index in [1.807, 2.05) is 37.3 Å². The number of hydrogen-bond acceptors (Lipinski definition) is 4. The molecule has 0 spiro atoms. The van der Waals surface area contributed by atoms with E-state index in [1.165, 1.54) is 0 Å². The minimum absolute atomic E-state index is 0.660. The first-order chi connectivity index (χ1) is 9.12. The van der Waals surface area contributed by atoms with Crippen LogP contribution in [0.2, 0.25) is 0 Å². The van der Waals surface area contributed by atoms with E-state index in [1.54, 1.807) is 20.3 Å². The predicted octanol–water partition coefficient (Wildman–Crippen LogP) is 3.34. The number of methoxy groups -OCH3 is 2. The third kappa shape index (κ3) is 3.10. The molecule has 19 heavy (non-hydrogen) atoms. The zero-order valence-corrected chi connectivity index (χ0v) is 11.4. The molecule has 0 aliphatic rings. The largest absolute Gasteiger partial charge is 0.497 e. The SMILES string of the molecule is COc1cc(N)cc(Nc2ccc(OC)cc2C)c1. The average molecular weight is 258 g/mol. The maximum absolute atomic E-state index is 5.83. The maximum atomic E-state index is 5.83. The van der Waals surface area contributed by atoms with Gasteiger partial charge in [-0.05, 0) is 36.8 Å². The summed E-state index contributed by atoms with van der Waals surface area (Å²) < 4.78 is 10.4. The summed E-state index contributed by atoms with van der Waals surface area (Å²) in [6.45, 7) is 2.02. The van der Waals surface area contributed by atoms with Crippen molar-refractivity contribution in [1.82, 2.24) is 0 Å². The van der Waals surface area contributed by atoms with Crippen molar-refractivity contribution in [3.8, 4) is 11.5 Å². The first-order valence-electron chi connectivity index (χ1n) is 5.98. The second kappa shape index (κ2) is 5.52. The van der Waals surface area contributed by atoms with Gasteiger partial charge in [0.2, 0.25) is 0 Å². The molecule has 2 rings (SSSR count). The quantitative estimate of drug-likeness (QED) is 0.826. The van der Waals surface area contributed by atoms with Crippen molar-refractivity contribution in [3.05, 3.63) is 42.0 Å². The molecule has 0 aliphatic carbocycles. The number of aryl methyl sites for hydroxylation is 1. The number of nitrogens with two attached hydrogens (primary N) is 1. The van der Waals surface area contributed by atoms with E-state index < -0.39 is 0 Å². The van der Waals surface area contributed by atoms with Crippen LogP contribution in [0.5, 0.6) is 11.5 Å². The molecule has 0 saturated heterocycles. The number of benzene rings is 2. The summed E-state index contributed by atoms with van der Waals surface area (Å²) in [7, 11) is 3.28. The number of ether oxygens (including phenoxy) is 2. The van der Waals surface area contributed by atoms with Gasteiger partial charge in [0.05, 0.1) is 14.2 Å². The maximum Gasteiger partial charge on any atom is 0.122 e. The van der Waals surface area contributed by atoms with E-state index in [-0.39, 0.29) is 0 Å². The lowest BCUT2D eigenvalue weighted by Gasteiger charge is -2.12. The summed E-state index contributed by atoms with van der Waals surface area (Å²) >= 11 is 0. The highest BCUT2D eigenvalue weighted by Crippen LogP contribution is 2.28. The predicted molar refractivity (Wildman–Crippen MR) is 78.4 cm³/mol. The number of hydrogen-bond donors (Lipinski definition) is 2. The lowest BCUT2D eigenvalue weighted by molar-refractivity contribution is 0.414. The molecular formula is C15H18N2O2. The molecule has 100 valence electrons. The second-order valence-electron chi connectivity index (χ2n) is 4.30. The molecule has 2 aromatic rings. The fourth-order valence-electron chi connectivity index (χ4n) is 1.87. The van der Waals surface area contributed by atoms with E-state index in [2.05, 4.69) is 5.32 Å². The van der Waals surface area contributed by atoms with Crippen LogP contribution in [0.25, 0.3) is 0 Å². The molecule has 0 unspecified atom stereocenters. The first kappa shape index (κ1) is 13.1. The highest BCUT2D eigenvalue weighted by molar-refractivity contribution is 5.68. The molecule has 0 atom stereocenters. The lowest BCUT2D eigenvalue weighted by atomic mass is 10.1. The summed E-state index contributed by atoms with van der Waals surface area (Å²) in [5.41, 5.74) is 9.49. The van der Waals surface area contributed by atoms with Gasteiger partial charge in [-0.2, -0.15) is 0 Å². The topological polar surface area (TPSA) is 56.5 Å². The normalized spacial score (nSPS) is 10.1. The van der Waals surface area contributed by atoms with Crippen LogP contribution in [0.3, 0.4) is 0 Å². The van der Waals surface area contributed by atoms with Crippen molar-refractivity contribution >= 4 is 17.1 Å². The van der Waals surface area contributed by atoms with E-state index in [0.717, 1.165) is 28.4 Å². The molecule has 0 amide bonds. The van der Waals surface area contributed by atoms with Crippen LogP contribution in [-0.4, -0.2) is 14.2 Å². The number of nitrogens with one attached hydrogen (secondary N) is 1. The van der Waals surface area contributed by atoms with Crippen LogP contribution >= 0.6 is 0 Å². The summed E-state index contributed by atoms with van der Waals surface area (Å²) in [4.78, 5) is 0. The van der Waals surface area contributed by atoms with Crippen molar-refractivity contribution in [2.45, 2.75) is 6.92 Å². The molecule has 0 saturated carbocycles. The molecule has 0 heterocycles. The first-order valence-corrected chi connectivity index (χ1v) is 5.98. The summed E-state index contributed by atoms with van der Waals surface area (Å²) in [5, 5.41) is 3.32. The molecular weight excluding hydrogens is 240 g/mol. The summed E-state index contributed by atoms with van der Waals surface area (Å²) in [6, 6.07) is 11.4. The zero-order valence-electron chi connectivity index (χ0n) is 11.4. The van der Waals surface area contributed by atoms with Gasteiger partial charge in [-0.25, -0.2) is 0 Å². The van der Waals surface area contributed by atoms with Crippen molar-refractivity contribution in [1.29, 1.82) is 0 Å². The van der Waals surface area contributed by atoms with E-state index in [4.69, 9.17) is 15.2 Å². The van der Waals surface area contributed by atoms with Gasteiger partial charge in [0, 0.05) is 29.2 Å². The third-order valence-corrected chi connectivity index (χ3v) is 2.88. The minimum Gasteiger partial charge on any atom is -0.497 e. The standard InChI is InChI=1S/C15H18N2O2/c1-10-6-13(18-2)4-5-15(10)17-12-7-11(16)8-14(9-12)19-3/h4-9,17H,16H2,1-3H3. The van der Waals surface area contributed by atoms with Crippen molar-refractivity contribution < 1.29 is 9.47 Å². The van der Waals surface area contributed by atoms with Gasteiger partial charge in [0.25, 0.3) is 0 Å². The molecule has 3 N–H and O–H groups in total. The Kier molecular flexibility index (Phi) is 3.80. The number of nitrogen functional groups attached to an aromatic ring is 1. The van der Waals surface area contributed by atoms with E-state index >= 15 is 0 Å². The third-order valence-electron chi connectivity index (χ3n) is 2.88. The molecule has 0 radical (unpaired) electrons. The van der Waals surface area contributed by atoms with Crippen molar-refractivity contribution in [2.24, 2.45) is 0 Å². The van der Waals surface area contributed by atoms with Crippen LogP contribution < -0.4 is 20.5 Å². The van der Waals surface area contributed by atoms with Crippen LogP contribution in [0, 0.1) is 6.92 Å². The van der Waals surface area contributed by atoms with Gasteiger partial charge in [-0.15, -0.1) is 0 Å². The van der Waals surface area contributed by atoms with E-state index in [9.17, 15) is 0 Å². The monoisotopic (exact) mass is 258 g/mol. The molecule has 4 heteroatoms. The van der Waals surface area contributed by atoms with Gasteiger partial charge in [0.1, 0.15) is 11.5 Å². The Balaban J connectivity index is 2.28.